The van der Waals surface area contributed by atoms with Crippen LogP contribution < -0.4 is 0 Å². The average molecular weight is 308 g/mol. The van der Waals surface area contributed by atoms with Crippen LogP contribution in [0.4, 0.5) is 0 Å². The average Bonchev–Trinajstić information content (AvgIpc) is 2.91. The van der Waals surface area contributed by atoms with Crippen molar-refractivity contribution in [1.29, 1.82) is 0 Å². The number of carbonyl (C=O) groups is 1. The van der Waals surface area contributed by atoms with E-state index in [-0.39, 0.29) is 23.7 Å². The van der Waals surface area contributed by atoms with E-state index in [4.69, 9.17) is 9.63 Å². The lowest BCUT2D eigenvalue weighted by Crippen LogP contribution is -2.36. The second-order valence-electron chi connectivity index (χ2n) is 4.64. The fraction of sp³-hybridized carbons (Fsp3) is 0.231. The molecule has 3 rings (SSSR count). The van der Waals surface area contributed by atoms with Crippen LogP contribution >= 0.6 is 0 Å². The summed E-state index contributed by atoms with van der Waals surface area (Å²) in [5, 5.41) is 12.5. The number of fused-ring (bicyclic) bond motifs is 1. The number of aromatic nitrogens is 1. The van der Waals surface area contributed by atoms with Crippen molar-refractivity contribution < 1.29 is 22.8 Å². The van der Waals surface area contributed by atoms with Crippen molar-refractivity contribution in [2.45, 2.75) is 17.9 Å². The Morgan fingerprint density at radius 2 is 2.00 bits per heavy atom. The topological polar surface area (TPSA) is 101 Å². The number of rotatable bonds is 3. The molecule has 1 aromatic carbocycles. The maximum absolute atomic E-state index is 12.5. The van der Waals surface area contributed by atoms with Gasteiger partial charge >= 0.3 is 5.97 Å². The van der Waals surface area contributed by atoms with Crippen LogP contribution in [0.1, 0.15) is 21.8 Å². The van der Waals surface area contributed by atoms with Crippen molar-refractivity contribution in [2.75, 3.05) is 6.54 Å². The minimum atomic E-state index is -3.65. The SMILES string of the molecule is O=C(O)c1noc2c1CN(S(=O)(=O)c1ccccc1)CC2. The summed E-state index contributed by atoms with van der Waals surface area (Å²) in [5.74, 6) is -0.786. The van der Waals surface area contributed by atoms with Gasteiger partial charge < -0.3 is 9.63 Å². The Morgan fingerprint density at radius 3 is 2.67 bits per heavy atom. The first-order valence-electron chi connectivity index (χ1n) is 6.26. The minimum absolute atomic E-state index is 0.0440. The van der Waals surface area contributed by atoms with Crippen LogP contribution in [0.15, 0.2) is 39.8 Å². The van der Waals surface area contributed by atoms with E-state index in [0.717, 1.165) is 0 Å². The molecule has 2 heterocycles. The first kappa shape index (κ1) is 13.8. The van der Waals surface area contributed by atoms with Gasteiger partial charge in [0.2, 0.25) is 10.0 Å². The Morgan fingerprint density at radius 1 is 1.29 bits per heavy atom. The Labute approximate surface area is 120 Å². The van der Waals surface area contributed by atoms with Crippen molar-refractivity contribution in [3.8, 4) is 0 Å². The van der Waals surface area contributed by atoms with Gasteiger partial charge in [-0.3, -0.25) is 0 Å². The number of aromatic carboxylic acids is 1. The van der Waals surface area contributed by atoms with E-state index in [2.05, 4.69) is 5.16 Å². The quantitative estimate of drug-likeness (QED) is 0.912. The van der Waals surface area contributed by atoms with E-state index in [9.17, 15) is 13.2 Å². The predicted octanol–water partition coefficient (Wildman–Crippen LogP) is 1.12. The molecule has 0 bridgehead atoms. The van der Waals surface area contributed by atoms with Crippen LogP contribution in [0.25, 0.3) is 0 Å². The lowest BCUT2D eigenvalue weighted by molar-refractivity contribution is 0.0684. The zero-order chi connectivity index (χ0) is 15.0. The van der Waals surface area contributed by atoms with Crippen LogP contribution in [0, 0.1) is 0 Å². The van der Waals surface area contributed by atoms with Crippen LogP contribution in [0.2, 0.25) is 0 Å². The van der Waals surface area contributed by atoms with E-state index in [1.54, 1.807) is 18.2 Å². The number of hydrogen-bond donors (Lipinski definition) is 1. The molecule has 1 aliphatic rings. The van der Waals surface area contributed by atoms with Crippen molar-refractivity contribution >= 4 is 16.0 Å². The number of carboxylic acid groups (broad SMARTS) is 1. The highest BCUT2D eigenvalue weighted by Gasteiger charge is 2.33. The van der Waals surface area contributed by atoms with Crippen LogP contribution in [0.3, 0.4) is 0 Å². The van der Waals surface area contributed by atoms with Gasteiger partial charge in [0, 0.05) is 25.1 Å². The maximum Gasteiger partial charge on any atom is 0.358 e. The fourth-order valence-corrected chi connectivity index (χ4v) is 3.73. The molecule has 0 amide bonds. The van der Waals surface area contributed by atoms with Gasteiger partial charge in [0.1, 0.15) is 5.76 Å². The molecule has 1 aliphatic heterocycles. The van der Waals surface area contributed by atoms with E-state index in [0.29, 0.717) is 17.7 Å². The van der Waals surface area contributed by atoms with Crippen molar-refractivity contribution in [1.82, 2.24) is 9.46 Å². The van der Waals surface area contributed by atoms with Gasteiger partial charge in [-0.15, -0.1) is 0 Å². The van der Waals surface area contributed by atoms with E-state index >= 15 is 0 Å². The third-order valence-electron chi connectivity index (χ3n) is 3.38. The third kappa shape index (κ3) is 2.32. The molecular weight excluding hydrogens is 296 g/mol. The summed E-state index contributed by atoms with van der Waals surface area (Å²) in [6, 6.07) is 8.04. The molecule has 110 valence electrons. The molecule has 0 unspecified atom stereocenters. The highest BCUT2D eigenvalue weighted by atomic mass is 32.2. The zero-order valence-corrected chi connectivity index (χ0v) is 11.7. The Kier molecular flexibility index (Phi) is 3.26. The molecule has 1 aromatic heterocycles. The minimum Gasteiger partial charge on any atom is -0.476 e. The van der Waals surface area contributed by atoms with Gasteiger partial charge in [-0.2, -0.15) is 4.31 Å². The molecule has 0 atom stereocenters. The van der Waals surface area contributed by atoms with Crippen molar-refractivity contribution in [3.63, 3.8) is 0 Å². The summed E-state index contributed by atoms with van der Waals surface area (Å²) in [6.07, 6.45) is 0.307. The summed E-state index contributed by atoms with van der Waals surface area (Å²) < 4.78 is 31.3. The first-order chi connectivity index (χ1) is 10.00. The van der Waals surface area contributed by atoms with E-state index in [1.165, 1.54) is 16.4 Å². The molecule has 0 saturated carbocycles. The molecule has 1 N–H and O–H groups in total. The normalized spacial score (nSPS) is 15.6. The van der Waals surface area contributed by atoms with Crippen LogP contribution in [-0.4, -0.2) is 35.5 Å². The standard InChI is InChI=1S/C13H12N2O5S/c16-13(17)12-10-8-15(7-6-11(10)20-14-12)21(18,19)9-4-2-1-3-5-9/h1-5H,6-8H2,(H,16,17). The molecule has 2 aromatic rings. The molecule has 0 aliphatic carbocycles. The zero-order valence-electron chi connectivity index (χ0n) is 10.9. The lowest BCUT2D eigenvalue weighted by atomic mass is 10.1. The molecule has 0 spiro atoms. The highest BCUT2D eigenvalue weighted by molar-refractivity contribution is 7.89. The molecule has 0 radical (unpaired) electrons. The predicted molar refractivity (Wildman–Crippen MR) is 71.2 cm³/mol. The summed E-state index contributed by atoms with van der Waals surface area (Å²) in [6.45, 7) is 0.191. The molecule has 21 heavy (non-hydrogen) atoms. The Bertz CT molecular complexity index is 782. The number of carboxylic acids is 1. The van der Waals surface area contributed by atoms with E-state index in [1.807, 2.05) is 0 Å². The summed E-state index contributed by atoms with van der Waals surface area (Å²) in [5.41, 5.74) is 0.103. The molecule has 0 fully saturated rings. The summed E-state index contributed by atoms with van der Waals surface area (Å²) in [7, 11) is -3.65. The Hall–Kier alpha value is -2.19. The summed E-state index contributed by atoms with van der Waals surface area (Å²) >= 11 is 0. The van der Waals surface area contributed by atoms with Crippen LogP contribution in [-0.2, 0) is 23.0 Å². The highest BCUT2D eigenvalue weighted by Crippen LogP contribution is 2.27. The largest absolute Gasteiger partial charge is 0.476 e. The smallest absolute Gasteiger partial charge is 0.358 e. The van der Waals surface area contributed by atoms with E-state index < -0.39 is 16.0 Å². The van der Waals surface area contributed by atoms with Crippen LogP contribution in [0.5, 0.6) is 0 Å². The maximum atomic E-state index is 12.5. The third-order valence-corrected chi connectivity index (χ3v) is 5.24. The van der Waals surface area contributed by atoms with Gasteiger partial charge in [0.25, 0.3) is 0 Å². The molecular formula is C13H12N2O5S. The van der Waals surface area contributed by atoms with Gasteiger partial charge in [0.05, 0.1) is 4.90 Å². The van der Waals surface area contributed by atoms with Crippen molar-refractivity contribution in [3.05, 3.63) is 47.3 Å². The monoisotopic (exact) mass is 308 g/mol. The molecule has 0 saturated heterocycles. The van der Waals surface area contributed by atoms with Gasteiger partial charge in [0.15, 0.2) is 5.69 Å². The number of hydrogen-bond acceptors (Lipinski definition) is 5. The van der Waals surface area contributed by atoms with Gasteiger partial charge in [-0.1, -0.05) is 23.4 Å². The second-order valence-corrected chi connectivity index (χ2v) is 6.58. The molecule has 7 nitrogen and oxygen atoms in total. The van der Waals surface area contributed by atoms with Crippen molar-refractivity contribution in [2.24, 2.45) is 0 Å². The summed E-state index contributed by atoms with van der Waals surface area (Å²) in [4.78, 5) is 11.3. The lowest BCUT2D eigenvalue weighted by Gasteiger charge is -2.25. The van der Waals surface area contributed by atoms with Gasteiger partial charge in [-0.25, -0.2) is 13.2 Å². The first-order valence-corrected chi connectivity index (χ1v) is 7.70. The number of benzene rings is 1. The number of nitrogens with zero attached hydrogens (tertiary/aromatic N) is 2. The second kappa shape index (κ2) is 4.97. The van der Waals surface area contributed by atoms with Gasteiger partial charge in [-0.05, 0) is 12.1 Å². The number of sulfonamides is 1. The fourth-order valence-electron chi connectivity index (χ4n) is 2.30. The Balaban J connectivity index is 1.96. The molecule has 8 heteroatoms.